The summed E-state index contributed by atoms with van der Waals surface area (Å²) in [4.78, 5) is 11.0. The molecule has 2 rings (SSSR count). The van der Waals surface area contributed by atoms with Crippen LogP contribution in [0.1, 0.15) is 17.5 Å². The van der Waals surface area contributed by atoms with Gasteiger partial charge in [0, 0.05) is 12.0 Å². The van der Waals surface area contributed by atoms with Gasteiger partial charge in [-0.05, 0) is 11.6 Å². The van der Waals surface area contributed by atoms with Crippen molar-refractivity contribution in [1.29, 1.82) is 0 Å². The molecule has 0 saturated heterocycles. The Kier molecular flexibility index (Phi) is 2.01. The second-order valence-electron chi connectivity index (χ2n) is 3.57. The van der Waals surface area contributed by atoms with E-state index in [0.717, 1.165) is 0 Å². The Morgan fingerprint density at radius 2 is 2.00 bits per heavy atom. The van der Waals surface area contributed by atoms with Gasteiger partial charge in [0.15, 0.2) is 5.60 Å². The Morgan fingerprint density at radius 3 is 2.67 bits per heavy atom. The Morgan fingerprint density at radius 1 is 1.33 bits per heavy atom. The highest BCUT2D eigenvalue weighted by Crippen LogP contribution is 2.36. The number of hydrogen-bond donors (Lipinski definition) is 3. The molecule has 1 aliphatic rings. The fourth-order valence-electron chi connectivity index (χ4n) is 1.78. The zero-order valence-corrected chi connectivity index (χ0v) is 7.84. The van der Waals surface area contributed by atoms with Crippen molar-refractivity contribution in [2.45, 2.75) is 12.0 Å². The summed E-state index contributed by atoms with van der Waals surface area (Å²) < 4.78 is 0. The molecule has 15 heavy (non-hydrogen) atoms. The molecule has 0 spiro atoms. The molecular weight excluding hydrogens is 196 g/mol. The van der Waals surface area contributed by atoms with Crippen LogP contribution in [0.3, 0.4) is 0 Å². The van der Waals surface area contributed by atoms with Crippen LogP contribution in [0.5, 0.6) is 0 Å². The molecule has 3 N–H and O–H groups in total. The smallest absolute Gasteiger partial charge is 0.340 e. The van der Waals surface area contributed by atoms with Gasteiger partial charge in [-0.3, -0.25) is 0 Å². The molecule has 0 radical (unpaired) electrons. The maximum atomic E-state index is 11.0. The Balaban J connectivity index is 2.65. The van der Waals surface area contributed by atoms with Gasteiger partial charge in [-0.1, -0.05) is 24.3 Å². The first-order valence-electron chi connectivity index (χ1n) is 4.49. The van der Waals surface area contributed by atoms with Crippen molar-refractivity contribution in [1.82, 2.24) is 0 Å². The molecule has 1 atom stereocenters. The fraction of sp³-hybridized carbons (Fsp3) is 0.182. The summed E-state index contributed by atoms with van der Waals surface area (Å²) in [7, 11) is 0. The van der Waals surface area contributed by atoms with Gasteiger partial charge in [-0.15, -0.1) is 0 Å². The van der Waals surface area contributed by atoms with Crippen molar-refractivity contribution in [3.05, 3.63) is 41.2 Å². The third-order valence-corrected chi connectivity index (χ3v) is 2.52. The molecule has 1 aromatic rings. The molecule has 0 amide bonds. The quantitative estimate of drug-likeness (QED) is 0.646. The maximum Gasteiger partial charge on any atom is 0.340 e. The molecule has 0 aromatic heterocycles. The van der Waals surface area contributed by atoms with Gasteiger partial charge in [0.25, 0.3) is 0 Å². The number of carbonyl (C=O) groups is 1. The third-order valence-electron chi connectivity index (χ3n) is 2.52. The highest BCUT2D eigenvalue weighted by atomic mass is 16.4. The summed E-state index contributed by atoms with van der Waals surface area (Å²) >= 11 is 0. The van der Waals surface area contributed by atoms with E-state index in [9.17, 15) is 15.0 Å². The summed E-state index contributed by atoms with van der Waals surface area (Å²) in [6.07, 6.45) is 1.17. The molecule has 1 aromatic carbocycles. The average molecular weight is 206 g/mol. The summed E-state index contributed by atoms with van der Waals surface area (Å²) in [5.74, 6) is -1.48. The second-order valence-corrected chi connectivity index (χ2v) is 3.57. The lowest BCUT2D eigenvalue weighted by atomic mass is 9.82. The van der Waals surface area contributed by atoms with Crippen LogP contribution < -0.4 is 0 Å². The van der Waals surface area contributed by atoms with Crippen molar-refractivity contribution in [3.8, 4) is 0 Å². The maximum absolute atomic E-state index is 11.0. The number of rotatable bonds is 1. The highest BCUT2D eigenvalue weighted by molar-refractivity contribution is 5.83. The SMILES string of the molecule is O=C(O)C1(O)CC(O)=Cc2ccccc21. The number of carboxylic acids is 1. The van der Waals surface area contributed by atoms with E-state index in [0.29, 0.717) is 11.1 Å². The van der Waals surface area contributed by atoms with E-state index in [2.05, 4.69) is 0 Å². The summed E-state index contributed by atoms with van der Waals surface area (Å²) in [5, 5.41) is 28.3. The Bertz CT molecular complexity index is 450. The number of hydrogen-bond acceptors (Lipinski definition) is 3. The van der Waals surface area contributed by atoms with Gasteiger partial charge < -0.3 is 15.3 Å². The zero-order valence-electron chi connectivity index (χ0n) is 7.84. The van der Waals surface area contributed by atoms with Crippen LogP contribution in [-0.2, 0) is 10.4 Å². The monoisotopic (exact) mass is 206 g/mol. The van der Waals surface area contributed by atoms with Crippen LogP contribution >= 0.6 is 0 Å². The van der Waals surface area contributed by atoms with E-state index in [4.69, 9.17) is 5.11 Å². The minimum atomic E-state index is -2.02. The Labute approximate surface area is 86.1 Å². The fourth-order valence-corrected chi connectivity index (χ4v) is 1.78. The molecule has 0 saturated carbocycles. The van der Waals surface area contributed by atoms with E-state index in [-0.39, 0.29) is 12.2 Å². The Hall–Kier alpha value is -1.81. The van der Waals surface area contributed by atoms with Crippen LogP contribution in [0.4, 0.5) is 0 Å². The van der Waals surface area contributed by atoms with Crippen molar-refractivity contribution < 1.29 is 20.1 Å². The number of aliphatic hydroxyl groups excluding tert-OH is 1. The molecule has 1 unspecified atom stereocenters. The van der Waals surface area contributed by atoms with Gasteiger partial charge in [0.05, 0.1) is 5.76 Å². The first kappa shape index (κ1) is 9.73. The molecule has 78 valence electrons. The van der Waals surface area contributed by atoms with Gasteiger partial charge in [0.2, 0.25) is 0 Å². The van der Waals surface area contributed by atoms with Crippen LogP contribution in [-0.4, -0.2) is 21.3 Å². The molecule has 4 nitrogen and oxygen atoms in total. The lowest BCUT2D eigenvalue weighted by Crippen LogP contribution is -2.38. The van der Waals surface area contributed by atoms with Crippen molar-refractivity contribution in [2.75, 3.05) is 0 Å². The minimum Gasteiger partial charge on any atom is -0.512 e. The largest absolute Gasteiger partial charge is 0.512 e. The normalized spacial score (nSPS) is 24.2. The molecule has 0 bridgehead atoms. The van der Waals surface area contributed by atoms with Crippen molar-refractivity contribution in [3.63, 3.8) is 0 Å². The topological polar surface area (TPSA) is 77.8 Å². The average Bonchev–Trinajstić information content (AvgIpc) is 2.17. The van der Waals surface area contributed by atoms with Gasteiger partial charge in [-0.2, -0.15) is 0 Å². The zero-order chi connectivity index (χ0) is 11.1. The molecule has 0 heterocycles. The molecular formula is C11H10O4. The number of aliphatic hydroxyl groups is 2. The molecule has 1 aliphatic carbocycles. The molecule has 0 fully saturated rings. The lowest BCUT2D eigenvalue weighted by molar-refractivity contribution is -0.160. The first-order chi connectivity index (χ1) is 7.04. The van der Waals surface area contributed by atoms with Crippen LogP contribution in [0.2, 0.25) is 0 Å². The predicted molar refractivity (Wildman–Crippen MR) is 53.2 cm³/mol. The van der Waals surface area contributed by atoms with Gasteiger partial charge in [0.1, 0.15) is 0 Å². The van der Waals surface area contributed by atoms with Crippen LogP contribution in [0.25, 0.3) is 6.08 Å². The van der Waals surface area contributed by atoms with Crippen LogP contribution in [0.15, 0.2) is 30.0 Å². The van der Waals surface area contributed by atoms with Gasteiger partial charge >= 0.3 is 5.97 Å². The standard InChI is InChI=1S/C11H10O4/c12-8-5-7-3-1-2-4-9(7)11(15,6-8)10(13)14/h1-5,12,15H,6H2,(H,13,14). The van der Waals surface area contributed by atoms with E-state index >= 15 is 0 Å². The molecule has 0 aliphatic heterocycles. The van der Waals surface area contributed by atoms with Gasteiger partial charge in [-0.25, -0.2) is 4.79 Å². The molecule has 4 heteroatoms. The van der Waals surface area contributed by atoms with E-state index in [1.807, 2.05) is 0 Å². The van der Waals surface area contributed by atoms with Crippen LogP contribution in [0, 0.1) is 0 Å². The number of carboxylic acid groups (broad SMARTS) is 1. The highest BCUT2D eigenvalue weighted by Gasteiger charge is 2.42. The summed E-state index contributed by atoms with van der Waals surface area (Å²) in [5.41, 5.74) is -1.17. The lowest BCUT2D eigenvalue weighted by Gasteiger charge is -2.28. The number of fused-ring (bicyclic) bond motifs is 1. The number of benzene rings is 1. The second kappa shape index (κ2) is 3.10. The first-order valence-corrected chi connectivity index (χ1v) is 4.49. The van der Waals surface area contributed by atoms with E-state index in [1.165, 1.54) is 6.08 Å². The van der Waals surface area contributed by atoms with E-state index in [1.54, 1.807) is 24.3 Å². The summed E-state index contributed by atoms with van der Waals surface area (Å²) in [6, 6.07) is 6.57. The predicted octanol–water partition coefficient (Wildman–Crippen LogP) is 1.26. The number of aliphatic carboxylic acids is 1. The van der Waals surface area contributed by atoms with E-state index < -0.39 is 11.6 Å². The third kappa shape index (κ3) is 1.39. The van der Waals surface area contributed by atoms with Crippen molar-refractivity contribution >= 4 is 12.0 Å². The summed E-state index contributed by atoms with van der Waals surface area (Å²) in [6.45, 7) is 0. The van der Waals surface area contributed by atoms with Crippen molar-refractivity contribution in [2.24, 2.45) is 0 Å². The minimum absolute atomic E-state index is 0.126.